The maximum Gasteiger partial charge on any atom is 0.123 e. The Labute approximate surface area is 136 Å². The van der Waals surface area contributed by atoms with Crippen molar-refractivity contribution >= 4 is 15.9 Å². The molecule has 1 N–H and O–H groups in total. The molecule has 0 aliphatic heterocycles. The molecule has 3 nitrogen and oxygen atoms in total. The van der Waals surface area contributed by atoms with E-state index < -0.39 is 0 Å². The van der Waals surface area contributed by atoms with Crippen molar-refractivity contribution in [2.45, 2.75) is 53.1 Å². The first kappa shape index (κ1) is 18.0. The fourth-order valence-electron chi connectivity index (χ4n) is 1.89. The Bertz CT molecular complexity index is 492. The van der Waals surface area contributed by atoms with Gasteiger partial charge in [0.15, 0.2) is 0 Å². The normalized spacial score (nSPS) is 11.5. The van der Waals surface area contributed by atoms with Crippen LogP contribution >= 0.6 is 15.9 Å². The molecule has 0 saturated heterocycles. The molecule has 0 fully saturated rings. The lowest BCUT2D eigenvalue weighted by molar-refractivity contribution is 0.281. The van der Waals surface area contributed by atoms with Crippen LogP contribution in [0.2, 0.25) is 0 Å². The molecule has 0 atom stereocenters. The molecule has 0 saturated carbocycles. The van der Waals surface area contributed by atoms with Gasteiger partial charge >= 0.3 is 0 Å². The van der Waals surface area contributed by atoms with Gasteiger partial charge in [0.25, 0.3) is 0 Å². The molecule has 1 aromatic rings. The van der Waals surface area contributed by atoms with Gasteiger partial charge in [-0.05, 0) is 44.9 Å². The first-order valence-electron chi connectivity index (χ1n) is 7.40. The minimum Gasteiger partial charge on any atom is -0.493 e. The summed E-state index contributed by atoms with van der Waals surface area (Å²) in [6.45, 7) is 9.61. The Morgan fingerprint density at radius 1 is 1.38 bits per heavy atom. The first-order chi connectivity index (χ1) is 9.84. The van der Waals surface area contributed by atoms with Crippen LogP contribution in [0.3, 0.4) is 0 Å². The van der Waals surface area contributed by atoms with Gasteiger partial charge in [-0.15, -0.1) is 0 Å². The lowest BCUT2D eigenvalue weighted by atomic mass is 9.90. The third-order valence-corrected chi connectivity index (χ3v) is 3.72. The smallest absolute Gasteiger partial charge is 0.123 e. The quantitative estimate of drug-likeness (QED) is 0.692. The van der Waals surface area contributed by atoms with E-state index in [1.165, 1.54) is 0 Å². The van der Waals surface area contributed by atoms with Crippen LogP contribution in [0.15, 0.2) is 22.7 Å². The van der Waals surface area contributed by atoms with Gasteiger partial charge in [-0.25, -0.2) is 0 Å². The maximum atomic E-state index is 9.00. The van der Waals surface area contributed by atoms with Gasteiger partial charge in [-0.1, -0.05) is 29.8 Å². The van der Waals surface area contributed by atoms with E-state index in [1.54, 1.807) is 0 Å². The molecule has 0 amide bonds. The van der Waals surface area contributed by atoms with E-state index in [2.05, 4.69) is 47.2 Å². The minimum absolute atomic E-state index is 0.273. The fraction of sp³-hybridized carbons (Fsp3) is 0.588. The number of nitrogens with zero attached hydrogens (tertiary/aromatic N) is 1. The largest absolute Gasteiger partial charge is 0.493 e. The molecule has 4 heteroatoms. The number of ether oxygens (including phenoxy) is 1. The number of halogens is 1. The molecule has 0 radical (unpaired) electrons. The molecule has 0 spiro atoms. The van der Waals surface area contributed by atoms with E-state index in [4.69, 9.17) is 10.00 Å². The Morgan fingerprint density at radius 3 is 2.71 bits per heavy atom. The summed E-state index contributed by atoms with van der Waals surface area (Å²) < 4.78 is 6.95. The van der Waals surface area contributed by atoms with Gasteiger partial charge in [0.05, 0.1) is 18.1 Å². The molecule has 0 bridgehead atoms. The molecular weight excluding hydrogens is 328 g/mol. The highest BCUT2D eigenvalue weighted by molar-refractivity contribution is 9.10. The topological polar surface area (TPSA) is 45.0 Å². The molecular formula is C17H25BrN2O. The molecule has 0 aliphatic carbocycles. The van der Waals surface area contributed by atoms with E-state index in [0.29, 0.717) is 12.6 Å². The molecule has 1 aromatic carbocycles. The number of nitriles is 1. The maximum absolute atomic E-state index is 9.00. The monoisotopic (exact) mass is 352 g/mol. The molecule has 21 heavy (non-hydrogen) atoms. The van der Waals surface area contributed by atoms with Crippen LogP contribution < -0.4 is 10.1 Å². The Morgan fingerprint density at radius 2 is 2.10 bits per heavy atom. The highest BCUT2D eigenvalue weighted by atomic mass is 79.9. The van der Waals surface area contributed by atoms with E-state index in [1.807, 2.05) is 26.0 Å². The van der Waals surface area contributed by atoms with Crippen LogP contribution in [0.1, 0.15) is 46.1 Å². The minimum atomic E-state index is -0.273. The SMILES string of the molecule is CC(C)NCc1cc(Br)ccc1OCCCC(C)(C)C#N. The molecule has 116 valence electrons. The van der Waals surface area contributed by atoms with Crippen molar-refractivity contribution in [3.63, 3.8) is 0 Å². The summed E-state index contributed by atoms with van der Waals surface area (Å²) in [5, 5.41) is 12.4. The highest BCUT2D eigenvalue weighted by Crippen LogP contribution is 2.25. The van der Waals surface area contributed by atoms with Crippen LogP contribution in [0.25, 0.3) is 0 Å². The predicted molar refractivity (Wildman–Crippen MR) is 90.2 cm³/mol. The molecule has 0 aromatic heterocycles. The Kier molecular flexibility index (Phi) is 7.21. The molecule has 1 rings (SSSR count). The molecule has 0 heterocycles. The van der Waals surface area contributed by atoms with E-state index in [0.717, 1.165) is 35.2 Å². The Balaban J connectivity index is 2.56. The van der Waals surface area contributed by atoms with Gasteiger partial charge in [-0.3, -0.25) is 0 Å². The van der Waals surface area contributed by atoms with Gasteiger partial charge in [-0.2, -0.15) is 5.26 Å². The summed E-state index contributed by atoms with van der Waals surface area (Å²) in [4.78, 5) is 0. The average molecular weight is 353 g/mol. The molecule has 0 unspecified atom stereocenters. The zero-order chi connectivity index (χ0) is 15.9. The van der Waals surface area contributed by atoms with E-state index in [-0.39, 0.29) is 5.41 Å². The third-order valence-electron chi connectivity index (χ3n) is 3.23. The summed E-state index contributed by atoms with van der Waals surface area (Å²) in [6, 6.07) is 8.84. The number of nitrogens with one attached hydrogen (secondary N) is 1. The van der Waals surface area contributed by atoms with Crippen LogP contribution in [0, 0.1) is 16.7 Å². The zero-order valence-electron chi connectivity index (χ0n) is 13.4. The number of benzene rings is 1. The van der Waals surface area contributed by atoms with Crippen molar-refractivity contribution in [3.05, 3.63) is 28.2 Å². The van der Waals surface area contributed by atoms with Crippen molar-refractivity contribution in [2.24, 2.45) is 5.41 Å². The second kappa shape index (κ2) is 8.41. The molecule has 0 aliphatic rings. The second-order valence-corrected chi connectivity index (χ2v) is 7.15. The predicted octanol–water partition coefficient (Wildman–Crippen LogP) is 4.66. The van der Waals surface area contributed by atoms with Crippen LogP contribution in [-0.4, -0.2) is 12.6 Å². The fourth-order valence-corrected chi connectivity index (χ4v) is 2.30. The van der Waals surface area contributed by atoms with Crippen molar-refractivity contribution in [1.82, 2.24) is 5.32 Å². The van der Waals surface area contributed by atoms with Crippen molar-refractivity contribution in [1.29, 1.82) is 5.26 Å². The standard InChI is InChI=1S/C17H25BrN2O/c1-13(2)20-11-14-10-15(18)6-7-16(14)21-9-5-8-17(3,4)12-19/h6-7,10,13,20H,5,8-9,11H2,1-4H3. The van der Waals surface area contributed by atoms with Crippen LogP contribution in [0.5, 0.6) is 5.75 Å². The summed E-state index contributed by atoms with van der Waals surface area (Å²) in [5.41, 5.74) is 0.878. The van der Waals surface area contributed by atoms with Crippen molar-refractivity contribution in [2.75, 3.05) is 6.61 Å². The number of hydrogen-bond acceptors (Lipinski definition) is 3. The third kappa shape index (κ3) is 6.97. The summed E-state index contributed by atoms with van der Waals surface area (Å²) >= 11 is 3.50. The lowest BCUT2D eigenvalue weighted by Crippen LogP contribution is -2.22. The van der Waals surface area contributed by atoms with E-state index in [9.17, 15) is 0 Å². The van der Waals surface area contributed by atoms with E-state index >= 15 is 0 Å². The van der Waals surface area contributed by atoms with Gasteiger partial charge < -0.3 is 10.1 Å². The van der Waals surface area contributed by atoms with Crippen molar-refractivity contribution in [3.8, 4) is 11.8 Å². The number of hydrogen-bond donors (Lipinski definition) is 1. The average Bonchev–Trinajstić information content (AvgIpc) is 2.43. The van der Waals surface area contributed by atoms with Crippen LogP contribution in [0.4, 0.5) is 0 Å². The lowest BCUT2D eigenvalue weighted by Gasteiger charge is -2.17. The van der Waals surface area contributed by atoms with Gasteiger partial charge in [0, 0.05) is 22.6 Å². The number of rotatable bonds is 8. The van der Waals surface area contributed by atoms with Crippen molar-refractivity contribution < 1.29 is 4.74 Å². The summed E-state index contributed by atoms with van der Waals surface area (Å²) in [6.07, 6.45) is 1.73. The summed E-state index contributed by atoms with van der Waals surface area (Å²) in [7, 11) is 0. The van der Waals surface area contributed by atoms with Crippen LogP contribution in [-0.2, 0) is 6.54 Å². The summed E-state index contributed by atoms with van der Waals surface area (Å²) in [5.74, 6) is 0.918. The zero-order valence-corrected chi connectivity index (χ0v) is 15.0. The van der Waals surface area contributed by atoms with Gasteiger partial charge in [0.2, 0.25) is 0 Å². The van der Waals surface area contributed by atoms with Gasteiger partial charge in [0.1, 0.15) is 5.75 Å². The second-order valence-electron chi connectivity index (χ2n) is 6.24. The highest BCUT2D eigenvalue weighted by Gasteiger charge is 2.16. The Hall–Kier alpha value is -1.05. The first-order valence-corrected chi connectivity index (χ1v) is 8.19.